The predicted molar refractivity (Wildman–Crippen MR) is 124 cm³/mol. The molecule has 7 nitrogen and oxygen atoms in total. The van der Waals surface area contributed by atoms with Gasteiger partial charge in [0.15, 0.2) is 5.13 Å². The lowest BCUT2D eigenvalue weighted by Crippen LogP contribution is -2.43. The first kappa shape index (κ1) is 20.1. The molecule has 3 heterocycles. The Labute approximate surface area is 188 Å². The fourth-order valence-corrected chi connectivity index (χ4v) is 4.75. The first-order valence-electron chi connectivity index (χ1n) is 10.3. The smallest absolute Gasteiger partial charge is 0.258 e. The Bertz CT molecular complexity index is 1310. The summed E-state index contributed by atoms with van der Waals surface area (Å²) in [5.41, 5.74) is 1.81. The third-order valence-electron chi connectivity index (χ3n) is 5.64. The number of phenolic OH excluding ortho intramolecular Hbond substituents is 1. The van der Waals surface area contributed by atoms with Crippen LogP contribution in [0.2, 0.25) is 0 Å². The third-order valence-corrected chi connectivity index (χ3v) is 6.40. The second kappa shape index (κ2) is 8.39. The highest BCUT2D eigenvalue weighted by molar-refractivity contribution is 7.14. The summed E-state index contributed by atoms with van der Waals surface area (Å²) >= 11 is 1.33. The molecule has 0 saturated carbocycles. The fourth-order valence-electron chi connectivity index (χ4n) is 4.03. The van der Waals surface area contributed by atoms with Crippen LogP contribution in [0.5, 0.6) is 5.75 Å². The van der Waals surface area contributed by atoms with Crippen LogP contribution in [0.15, 0.2) is 66.3 Å². The topological polar surface area (TPSA) is 95.4 Å². The summed E-state index contributed by atoms with van der Waals surface area (Å²) in [5.74, 6) is -0.676. The van der Waals surface area contributed by atoms with Crippen molar-refractivity contribution in [2.24, 2.45) is 0 Å². The number of carbonyl (C=O) groups excluding carboxylic acids is 2. The summed E-state index contributed by atoms with van der Waals surface area (Å²) in [4.78, 5) is 36.3. The number of nitrogens with one attached hydrogen (secondary N) is 1. The van der Waals surface area contributed by atoms with E-state index < -0.39 is 6.04 Å². The van der Waals surface area contributed by atoms with Crippen molar-refractivity contribution >= 4 is 39.1 Å². The summed E-state index contributed by atoms with van der Waals surface area (Å²) in [7, 11) is 0. The molecule has 4 aromatic rings. The molecule has 1 saturated heterocycles. The molecule has 1 aliphatic rings. The van der Waals surface area contributed by atoms with Crippen LogP contribution in [-0.4, -0.2) is 44.4 Å². The number of benzene rings is 2. The summed E-state index contributed by atoms with van der Waals surface area (Å²) in [6, 6.07) is 13.9. The van der Waals surface area contributed by atoms with Crippen molar-refractivity contribution in [3.05, 3.63) is 71.9 Å². The van der Waals surface area contributed by atoms with Crippen LogP contribution < -0.4 is 5.32 Å². The summed E-state index contributed by atoms with van der Waals surface area (Å²) in [6.45, 7) is 0.460. The Kier molecular flexibility index (Phi) is 5.28. The Balaban J connectivity index is 1.34. The van der Waals surface area contributed by atoms with Crippen LogP contribution >= 0.6 is 11.3 Å². The lowest BCUT2D eigenvalue weighted by molar-refractivity contribution is -0.119. The molecular formula is C24H20N4O3S. The quantitative estimate of drug-likeness (QED) is 0.489. The molecule has 2 aromatic heterocycles. The van der Waals surface area contributed by atoms with Gasteiger partial charge in [-0.15, -0.1) is 11.3 Å². The number of thiazole rings is 1. The number of rotatable bonds is 4. The van der Waals surface area contributed by atoms with Crippen molar-refractivity contribution < 1.29 is 14.7 Å². The van der Waals surface area contributed by atoms with Crippen LogP contribution in [0, 0.1) is 0 Å². The molecule has 0 bridgehead atoms. The minimum Gasteiger partial charge on any atom is -0.506 e. The highest BCUT2D eigenvalue weighted by atomic mass is 32.1. The first-order chi connectivity index (χ1) is 15.6. The minimum atomic E-state index is -0.612. The molecule has 5 rings (SSSR count). The highest BCUT2D eigenvalue weighted by Gasteiger charge is 2.36. The number of phenols is 1. The van der Waals surface area contributed by atoms with Crippen molar-refractivity contribution in [1.29, 1.82) is 0 Å². The van der Waals surface area contributed by atoms with E-state index in [1.54, 1.807) is 24.5 Å². The molecule has 2 amide bonds. The van der Waals surface area contributed by atoms with Gasteiger partial charge in [0.05, 0.1) is 11.3 Å². The molecule has 1 aliphatic heterocycles. The second-order valence-electron chi connectivity index (χ2n) is 7.61. The van der Waals surface area contributed by atoms with Gasteiger partial charge in [-0.2, -0.15) is 0 Å². The van der Waals surface area contributed by atoms with Gasteiger partial charge >= 0.3 is 0 Å². The van der Waals surface area contributed by atoms with E-state index in [9.17, 15) is 14.7 Å². The van der Waals surface area contributed by atoms with E-state index in [4.69, 9.17) is 0 Å². The van der Waals surface area contributed by atoms with Crippen molar-refractivity contribution in [2.45, 2.75) is 18.9 Å². The summed E-state index contributed by atoms with van der Waals surface area (Å²) in [6.07, 6.45) is 4.69. The van der Waals surface area contributed by atoms with Gasteiger partial charge in [-0.3, -0.25) is 14.6 Å². The largest absolute Gasteiger partial charge is 0.506 e. The number of anilines is 1. The minimum absolute atomic E-state index is 0.0554. The van der Waals surface area contributed by atoms with Crippen LogP contribution in [0.25, 0.3) is 22.0 Å². The predicted octanol–water partition coefficient (Wildman–Crippen LogP) is 4.31. The van der Waals surface area contributed by atoms with Gasteiger partial charge in [0.2, 0.25) is 5.91 Å². The van der Waals surface area contributed by atoms with Gasteiger partial charge in [0.1, 0.15) is 11.8 Å². The van der Waals surface area contributed by atoms with E-state index in [1.165, 1.54) is 16.2 Å². The van der Waals surface area contributed by atoms with E-state index in [0.29, 0.717) is 23.5 Å². The zero-order chi connectivity index (χ0) is 22.1. The van der Waals surface area contributed by atoms with E-state index in [0.717, 1.165) is 23.1 Å². The zero-order valence-electron chi connectivity index (χ0n) is 17.1. The Morgan fingerprint density at radius 2 is 2.00 bits per heavy atom. The molecule has 2 N–H and O–H groups in total. The van der Waals surface area contributed by atoms with Crippen LogP contribution in [0.4, 0.5) is 5.13 Å². The maximum atomic E-state index is 13.2. The van der Waals surface area contributed by atoms with Gasteiger partial charge in [0, 0.05) is 35.3 Å². The normalized spacial score (nSPS) is 15.8. The lowest BCUT2D eigenvalue weighted by Gasteiger charge is -2.24. The van der Waals surface area contributed by atoms with Gasteiger partial charge in [-0.05, 0) is 36.4 Å². The molecule has 1 fully saturated rings. The number of likely N-dealkylation sites (tertiary alicyclic amines) is 1. The van der Waals surface area contributed by atoms with Crippen molar-refractivity contribution in [1.82, 2.24) is 14.9 Å². The number of hydrogen-bond donors (Lipinski definition) is 2. The van der Waals surface area contributed by atoms with Crippen LogP contribution in [-0.2, 0) is 4.79 Å². The number of pyridine rings is 1. The van der Waals surface area contributed by atoms with E-state index in [-0.39, 0.29) is 23.1 Å². The molecular weight excluding hydrogens is 424 g/mol. The molecule has 0 radical (unpaired) electrons. The molecule has 8 heteroatoms. The average molecular weight is 445 g/mol. The molecule has 160 valence electrons. The number of amides is 2. The van der Waals surface area contributed by atoms with Crippen molar-refractivity contribution in [3.8, 4) is 17.0 Å². The highest BCUT2D eigenvalue weighted by Crippen LogP contribution is 2.32. The first-order valence-corrected chi connectivity index (χ1v) is 11.2. The van der Waals surface area contributed by atoms with E-state index in [1.807, 2.05) is 41.8 Å². The fraction of sp³-hybridized carbons (Fsp3) is 0.167. The maximum Gasteiger partial charge on any atom is 0.258 e. The average Bonchev–Trinajstić information content (AvgIpc) is 3.50. The SMILES string of the molecule is O=C(Nc1nc(-c2cccnc2)cs1)C1CCCN1C(=O)c1ccc2ccccc2c1O. The number of aromatic nitrogens is 2. The van der Waals surface area contributed by atoms with Gasteiger partial charge in [-0.1, -0.05) is 30.3 Å². The van der Waals surface area contributed by atoms with Gasteiger partial charge in [0.25, 0.3) is 5.91 Å². The van der Waals surface area contributed by atoms with E-state index >= 15 is 0 Å². The Morgan fingerprint density at radius 1 is 1.12 bits per heavy atom. The number of fused-ring (bicyclic) bond motifs is 1. The number of nitrogens with zero attached hydrogens (tertiary/aromatic N) is 3. The molecule has 1 atom stereocenters. The Morgan fingerprint density at radius 3 is 2.84 bits per heavy atom. The zero-order valence-corrected chi connectivity index (χ0v) is 17.9. The lowest BCUT2D eigenvalue weighted by atomic mass is 10.0. The number of carbonyl (C=O) groups is 2. The molecule has 2 aromatic carbocycles. The third kappa shape index (κ3) is 3.69. The molecule has 0 aliphatic carbocycles. The van der Waals surface area contributed by atoms with Crippen molar-refractivity contribution in [3.63, 3.8) is 0 Å². The molecule has 0 spiro atoms. The van der Waals surface area contributed by atoms with Gasteiger partial charge in [-0.25, -0.2) is 4.98 Å². The van der Waals surface area contributed by atoms with Crippen molar-refractivity contribution in [2.75, 3.05) is 11.9 Å². The molecule has 32 heavy (non-hydrogen) atoms. The van der Waals surface area contributed by atoms with Crippen LogP contribution in [0.1, 0.15) is 23.2 Å². The number of hydrogen-bond acceptors (Lipinski definition) is 6. The molecule has 1 unspecified atom stereocenters. The van der Waals surface area contributed by atoms with Crippen LogP contribution in [0.3, 0.4) is 0 Å². The van der Waals surface area contributed by atoms with E-state index in [2.05, 4.69) is 15.3 Å². The Hall–Kier alpha value is -3.78. The summed E-state index contributed by atoms with van der Waals surface area (Å²) < 4.78 is 0. The van der Waals surface area contributed by atoms with Gasteiger partial charge < -0.3 is 15.3 Å². The monoisotopic (exact) mass is 444 g/mol. The second-order valence-corrected chi connectivity index (χ2v) is 8.47. The maximum absolute atomic E-state index is 13.2. The standard InChI is InChI=1S/C24H20N4O3S/c29-21-17-7-2-1-5-15(17)9-10-18(21)23(31)28-12-4-8-20(28)22(30)27-24-26-19(14-32-24)16-6-3-11-25-13-16/h1-3,5-7,9-11,13-14,20,29H,4,8,12H2,(H,26,27,30). The number of aromatic hydroxyl groups is 1. The summed E-state index contributed by atoms with van der Waals surface area (Å²) in [5, 5.41) is 17.3.